The molecule has 0 saturated heterocycles. The number of sulfonamides is 1. The first-order valence-electron chi connectivity index (χ1n) is 5.57. The zero-order valence-corrected chi connectivity index (χ0v) is 12.8. The maximum atomic E-state index is 13.7. The van der Waals surface area contributed by atoms with Crippen molar-refractivity contribution in [1.29, 1.82) is 0 Å². The number of phenolic OH excluding ortho intramolecular Hbond substituents is 1. The summed E-state index contributed by atoms with van der Waals surface area (Å²) in [5.74, 6) is -1.10. The molecule has 0 aliphatic rings. The molecule has 0 bridgehead atoms. The summed E-state index contributed by atoms with van der Waals surface area (Å²) in [6.07, 6.45) is 0. The first-order chi connectivity index (χ1) is 9.29. The third kappa shape index (κ3) is 3.10. The van der Waals surface area contributed by atoms with Gasteiger partial charge in [0.1, 0.15) is 16.5 Å². The van der Waals surface area contributed by atoms with Gasteiger partial charge in [0, 0.05) is 4.47 Å². The molecule has 0 aromatic heterocycles. The highest BCUT2D eigenvalue weighted by atomic mass is 79.9. The lowest BCUT2D eigenvalue weighted by molar-refractivity contribution is 0.477. The number of phenols is 1. The second-order valence-electron chi connectivity index (χ2n) is 4.20. The van der Waals surface area contributed by atoms with Crippen LogP contribution in [0.5, 0.6) is 5.75 Å². The van der Waals surface area contributed by atoms with Crippen LogP contribution in [0, 0.1) is 12.7 Å². The Morgan fingerprint density at radius 1 is 1.20 bits per heavy atom. The number of anilines is 1. The van der Waals surface area contributed by atoms with Crippen LogP contribution in [0.2, 0.25) is 0 Å². The Kier molecular flexibility index (Phi) is 4.01. The van der Waals surface area contributed by atoms with E-state index in [2.05, 4.69) is 20.7 Å². The van der Waals surface area contributed by atoms with Gasteiger partial charge in [-0.2, -0.15) is 0 Å². The van der Waals surface area contributed by atoms with Gasteiger partial charge < -0.3 is 5.11 Å². The Bertz CT molecular complexity index is 762. The van der Waals surface area contributed by atoms with Crippen LogP contribution >= 0.6 is 15.9 Å². The molecule has 0 saturated carbocycles. The van der Waals surface area contributed by atoms with E-state index >= 15 is 0 Å². The Morgan fingerprint density at radius 3 is 2.55 bits per heavy atom. The molecule has 0 fully saturated rings. The molecule has 20 heavy (non-hydrogen) atoms. The van der Waals surface area contributed by atoms with Gasteiger partial charge in [-0.05, 0) is 42.8 Å². The molecular formula is C13H11BrFNO3S. The van der Waals surface area contributed by atoms with Crippen molar-refractivity contribution in [2.75, 3.05) is 4.72 Å². The van der Waals surface area contributed by atoms with Gasteiger partial charge in [-0.1, -0.05) is 22.0 Å². The highest BCUT2D eigenvalue weighted by molar-refractivity contribution is 9.10. The predicted molar refractivity (Wildman–Crippen MR) is 77.8 cm³/mol. The van der Waals surface area contributed by atoms with Crippen LogP contribution in [0.3, 0.4) is 0 Å². The molecule has 2 aromatic carbocycles. The summed E-state index contributed by atoms with van der Waals surface area (Å²) in [4.78, 5) is -0.485. The molecule has 0 spiro atoms. The van der Waals surface area contributed by atoms with Crippen LogP contribution in [0.15, 0.2) is 45.8 Å². The van der Waals surface area contributed by atoms with Crippen LogP contribution < -0.4 is 4.72 Å². The number of hydrogen-bond acceptors (Lipinski definition) is 3. The van der Waals surface area contributed by atoms with Gasteiger partial charge in [0.2, 0.25) is 0 Å². The summed E-state index contributed by atoms with van der Waals surface area (Å²) in [6.45, 7) is 1.75. The van der Waals surface area contributed by atoms with Crippen LogP contribution in [0.25, 0.3) is 0 Å². The van der Waals surface area contributed by atoms with Gasteiger partial charge in [0.05, 0.1) is 5.69 Å². The minimum absolute atomic E-state index is 0.00678. The van der Waals surface area contributed by atoms with Gasteiger partial charge in [-0.3, -0.25) is 4.72 Å². The lowest BCUT2D eigenvalue weighted by atomic mass is 10.2. The number of benzene rings is 2. The smallest absolute Gasteiger partial charge is 0.264 e. The average molecular weight is 360 g/mol. The highest BCUT2D eigenvalue weighted by Gasteiger charge is 2.20. The molecule has 0 atom stereocenters. The predicted octanol–water partition coefficient (Wildman–Crippen LogP) is 3.40. The largest absolute Gasteiger partial charge is 0.506 e. The Hall–Kier alpha value is -1.60. The number of aromatic hydroxyl groups is 1. The molecule has 0 aliphatic carbocycles. The van der Waals surface area contributed by atoms with Crippen LogP contribution in [0.1, 0.15) is 5.56 Å². The number of aryl methyl sites for hydroxylation is 1. The first kappa shape index (κ1) is 14.8. The van der Waals surface area contributed by atoms with Crippen molar-refractivity contribution in [2.45, 2.75) is 11.8 Å². The fraction of sp³-hybridized carbons (Fsp3) is 0.0769. The van der Waals surface area contributed by atoms with Crippen molar-refractivity contribution in [3.8, 4) is 5.75 Å². The number of halogens is 2. The standard InChI is InChI=1S/C13H11BrFNO3S/c1-8-2-4-12(17)11(6-8)16-20(18,19)13-5-3-9(14)7-10(13)15/h2-7,16-17H,1H3. The van der Waals surface area contributed by atoms with Gasteiger partial charge >= 0.3 is 0 Å². The van der Waals surface area contributed by atoms with Crippen molar-refractivity contribution in [1.82, 2.24) is 0 Å². The van der Waals surface area contributed by atoms with E-state index in [0.717, 1.165) is 17.7 Å². The summed E-state index contributed by atoms with van der Waals surface area (Å²) < 4.78 is 40.6. The molecule has 7 heteroatoms. The monoisotopic (exact) mass is 359 g/mol. The summed E-state index contributed by atoms with van der Waals surface area (Å²) in [6, 6.07) is 8.09. The van der Waals surface area contributed by atoms with Gasteiger partial charge in [0.15, 0.2) is 0 Å². The van der Waals surface area contributed by atoms with Crippen molar-refractivity contribution in [2.24, 2.45) is 0 Å². The first-order valence-corrected chi connectivity index (χ1v) is 7.85. The van der Waals surface area contributed by atoms with Crippen LogP contribution in [-0.4, -0.2) is 13.5 Å². The lowest BCUT2D eigenvalue weighted by Gasteiger charge is -2.11. The van der Waals surface area contributed by atoms with E-state index < -0.39 is 20.7 Å². The van der Waals surface area contributed by atoms with E-state index in [1.807, 2.05) is 0 Å². The third-order valence-electron chi connectivity index (χ3n) is 2.58. The molecule has 0 amide bonds. The lowest BCUT2D eigenvalue weighted by Crippen LogP contribution is -2.14. The zero-order chi connectivity index (χ0) is 14.9. The van der Waals surface area contributed by atoms with E-state index in [-0.39, 0.29) is 11.4 Å². The summed E-state index contributed by atoms with van der Waals surface area (Å²) in [5, 5.41) is 9.63. The highest BCUT2D eigenvalue weighted by Crippen LogP contribution is 2.28. The van der Waals surface area contributed by atoms with Crippen molar-refractivity contribution < 1.29 is 17.9 Å². The van der Waals surface area contributed by atoms with Crippen LogP contribution in [-0.2, 0) is 10.0 Å². The SMILES string of the molecule is Cc1ccc(O)c(NS(=O)(=O)c2ccc(Br)cc2F)c1. The quantitative estimate of drug-likeness (QED) is 0.825. The van der Waals surface area contributed by atoms with E-state index in [0.29, 0.717) is 4.47 Å². The average Bonchev–Trinajstić information content (AvgIpc) is 2.33. The van der Waals surface area contributed by atoms with Crippen molar-refractivity contribution in [3.63, 3.8) is 0 Å². The molecule has 0 unspecified atom stereocenters. The maximum Gasteiger partial charge on any atom is 0.264 e. The fourth-order valence-electron chi connectivity index (χ4n) is 1.62. The fourth-order valence-corrected chi connectivity index (χ4v) is 3.08. The van der Waals surface area contributed by atoms with E-state index in [1.165, 1.54) is 18.2 Å². The molecule has 106 valence electrons. The normalized spacial score (nSPS) is 11.3. The molecule has 2 rings (SSSR count). The van der Waals surface area contributed by atoms with Crippen molar-refractivity contribution >= 4 is 31.6 Å². The minimum Gasteiger partial charge on any atom is -0.506 e. The topological polar surface area (TPSA) is 66.4 Å². The molecule has 2 N–H and O–H groups in total. The second-order valence-corrected chi connectivity index (χ2v) is 6.77. The summed E-state index contributed by atoms with van der Waals surface area (Å²) in [5.41, 5.74) is 0.768. The summed E-state index contributed by atoms with van der Waals surface area (Å²) >= 11 is 3.06. The van der Waals surface area contributed by atoms with E-state index in [1.54, 1.807) is 13.0 Å². The Morgan fingerprint density at radius 2 is 1.90 bits per heavy atom. The van der Waals surface area contributed by atoms with Crippen LogP contribution in [0.4, 0.5) is 10.1 Å². The van der Waals surface area contributed by atoms with Gasteiger partial charge in [-0.25, -0.2) is 12.8 Å². The number of nitrogens with one attached hydrogen (secondary N) is 1. The molecular weight excluding hydrogens is 349 g/mol. The Balaban J connectivity index is 2.43. The molecule has 2 aromatic rings. The second kappa shape index (κ2) is 5.41. The van der Waals surface area contributed by atoms with Gasteiger partial charge in [-0.15, -0.1) is 0 Å². The Labute approximate surface area is 124 Å². The number of rotatable bonds is 3. The maximum absolute atomic E-state index is 13.7. The summed E-state index contributed by atoms with van der Waals surface area (Å²) in [7, 11) is -4.11. The van der Waals surface area contributed by atoms with Crippen molar-refractivity contribution in [3.05, 3.63) is 52.3 Å². The molecule has 0 aliphatic heterocycles. The van der Waals surface area contributed by atoms with E-state index in [4.69, 9.17) is 0 Å². The molecule has 0 heterocycles. The number of hydrogen-bond donors (Lipinski definition) is 2. The third-order valence-corrected chi connectivity index (χ3v) is 4.47. The minimum atomic E-state index is -4.11. The molecule has 0 radical (unpaired) electrons. The zero-order valence-electron chi connectivity index (χ0n) is 10.4. The van der Waals surface area contributed by atoms with Gasteiger partial charge in [0.25, 0.3) is 10.0 Å². The van der Waals surface area contributed by atoms with E-state index in [9.17, 15) is 17.9 Å². The molecule has 4 nitrogen and oxygen atoms in total.